The van der Waals surface area contributed by atoms with Crippen LogP contribution in [0.3, 0.4) is 0 Å². The maximum Gasteiger partial charge on any atom is 0.211 e. The topological polar surface area (TPSA) is 108 Å². The zero-order valence-corrected chi connectivity index (χ0v) is 8.50. The molecule has 0 spiro atoms. The van der Waals surface area contributed by atoms with Gasteiger partial charge in [-0.2, -0.15) is 0 Å². The number of nitrogens with one attached hydrogen (secondary N) is 1. The Labute approximate surface area is 92.5 Å². The summed E-state index contributed by atoms with van der Waals surface area (Å²) in [6.07, 6.45) is 5.28. The Kier molecular flexibility index (Phi) is 4.43. The first-order valence-corrected chi connectivity index (χ1v) is 4.61. The molecule has 1 unspecified atom stereocenters. The van der Waals surface area contributed by atoms with Gasteiger partial charge >= 0.3 is 0 Å². The molecule has 0 aliphatic carbocycles. The molecule has 6 nitrogen and oxygen atoms in total. The van der Waals surface area contributed by atoms with Gasteiger partial charge in [0.2, 0.25) is 6.41 Å². The predicted octanol–water partition coefficient (Wildman–Crippen LogP) is -0.654. The third-order valence-corrected chi connectivity index (χ3v) is 1.79. The molecule has 0 aromatic rings. The number of hydrogen-bond acceptors (Lipinski definition) is 5. The molecule has 0 radical (unpaired) electrons. The van der Waals surface area contributed by atoms with Crippen molar-refractivity contribution in [2.75, 3.05) is 6.54 Å². The smallest absolute Gasteiger partial charge is 0.211 e. The number of hydrogen-bond donors (Lipinski definition) is 4. The second-order valence-electron chi connectivity index (χ2n) is 3.00. The van der Waals surface area contributed by atoms with Crippen LogP contribution >= 0.6 is 0 Å². The number of amides is 1. The summed E-state index contributed by atoms with van der Waals surface area (Å²) in [5.74, 6) is -0.278. The van der Waals surface area contributed by atoms with Crippen molar-refractivity contribution in [2.45, 2.75) is 6.23 Å². The number of carbonyl (C=O) groups excluding carboxylic acids is 1. The van der Waals surface area contributed by atoms with E-state index in [9.17, 15) is 9.90 Å². The minimum absolute atomic E-state index is 0.182. The number of aliphatic imine (C=N–C) groups is 1. The molecule has 1 aliphatic rings. The summed E-state index contributed by atoms with van der Waals surface area (Å²) in [5, 5.41) is 20.9. The third kappa shape index (κ3) is 3.34. The molecular formula is C10H13N3O3. The Morgan fingerprint density at radius 2 is 2.44 bits per heavy atom. The Hall–Kier alpha value is -1.92. The summed E-state index contributed by atoms with van der Waals surface area (Å²) < 4.78 is 0. The number of rotatable bonds is 4. The first-order chi connectivity index (χ1) is 7.65. The lowest BCUT2D eigenvalue weighted by atomic mass is 10.2. The molecule has 0 fully saturated rings. The molecule has 1 rings (SSSR count). The minimum Gasteiger partial charge on any atom is -0.506 e. The lowest BCUT2D eigenvalue weighted by Crippen LogP contribution is -2.23. The zero-order chi connectivity index (χ0) is 12.0. The Bertz CT molecular complexity index is 381. The Balaban J connectivity index is 3.00. The van der Waals surface area contributed by atoms with E-state index in [4.69, 9.17) is 10.8 Å². The van der Waals surface area contributed by atoms with Gasteiger partial charge in [0.05, 0.1) is 12.2 Å². The molecule has 1 amide bonds. The van der Waals surface area contributed by atoms with Crippen LogP contribution in [-0.4, -0.2) is 35.1 Å². The van der Waals surface area contributed by atoms with E-state index in [1.54, 1.807) is 18.2 Å². The first-order valence-electron chi connectivity index (χ1n) is 4.61. The molecule has 0 aromatic heterocycles. The summed E-state index contributed by atoms with van der Waals surface area (Å²) in [6, 6.07) is 0. The van der Waals surface area contributed by atoms with Gasteiger partial charge in [0.15, 0.2) is 0 Å². The number of aliphatic hydroxyl groups excluding tert-OH is 2. The van der Waals surface area contributed by atoms with E-state index in [2.05, 4.69) is 10.3 Å². The van der Waals surface area contributed by atoms with Gasteiger partial charge in [-0.15, -0.1) is 0 Å². The highest BCUT2D eigenvalue weighted by atomic mass is 16.3. The van der Waals surface area contributed by atoms with Crippen molar-refractivity contribution in [2.24, 2.45) is 10.7 Å². The summed E-state index contributed by atoms with van der Waals surface area (Å²) in [6.45, 7) is 0.369. The average Bonchev–Trinajstić information content (AvgIpc) is 2.42. The first kappa shape index (κ1) is 12.2. The van der Waals surface area contributed by atoms with E-state index >= 15 is 0 Å². The molecule has 1 aliphatic heterocycles. The highest BCUT2D eigenvalue weighted by Gasteiger charge is 2.12. The van der Waals surface area contributed by atoms with Crippen molar-refractivity contribution in [3.63, 3.8) is 0 Å². The Morgan fingerprint density at radius 1 is 1.69 bits per heavy atom. The summed E-state index contributed by atoms with van der Waals surface area (Å²) in [4.78, 5) is 14.4. The summed E-state index contributed by atoms with van der Waals surface area (Å²) >= 11 is 0. The number of nitrogens with two attached hydrogens (primary N) is 1. The largest absolute Gasteiger partial charge is 0.506 e. The van der Waals surface area contributed by atoms with Gasteiger partial charge in [-0.05, 0) is 6.08 Å². The number of allylic oxidation sites excluding steroid dienone is 2. The van der Waals surface area contributed by atoms with E-state index in [0.29, 0.717) is 18.7 Å². The van der Waals surface area contributed by atoms with Crippen molar-refractivity contribution in [1.29, 1.82) is 0 Å². The van der Waals surface area contributed by atoms with Crippen LogP contribution in [0.4, 0.5) is 0 Å². The molecule has 0 bridgehead atoms. The van der Waals surface area contributed by atoms with Gasteiger partial charge in [0, 0.05) is 6.08 Å². The van der Waals surface area contributed by atoms with Crippen molar-refractivity contribution >= 4 is 12.1 Å². The van der Waals surface area contributed by atoms with Crippen molar-refractivity contribution in [1.82, 2.24) is 5.32 Å². The van der Waals surface area contributed by atoms with Gasteiger partial charge in [-0.1, -0.05) is 12.2 Å². The van der Waals surface area contributed by atoms with Gasteiger partial charge in [0.25, 0.3) is 0 Å². The maximum atomic E-state index is 10.4. The van der Waals surface area contributed by atoms with E-state index in [-0.39, 0.29) is 11.5 Å². The Morgan fingerprint density at radius 3 is 3.06 bits per heavy atom. The van der Waals surface area contributed by atoms with Crippen LogP contribution in [0.5, 0.6) is 0 Å². The fourth-order valence-corrected chi connectivity index (χ4v) is 1.17. The SMILES string of the molecule is NC(O)/C=C(\O)C1=NCC=CC=C1NC=O. The molecule has 6 heteroatoms. The molecule has 0 aromatic carbocycles. The van der Waals surface area contributed by atoms with Gasteiger partial charge in [-0.3, -0.25) is 9.79 Å². The molecule has 0 saturated carbocycles. The maximum absolute atomic E-state index is 10.4. The van der Waals surface area contributed by atoms with Crippen LogP contribution in [0, 0.1) is 0 Å². The van der Waals surface area contributed by atoms with Crippen LogP contribution in [0.2, 0.25) is 0 Å². The summed E-state index contributed by atoms with van der Waals surface area (Å²) in [5.41, 5.74) is 5.63. The van der Waals surface area contributed by atoms with Crippen molar-refractivity contribution in [3.05, 3.63) is 35.8 Å². The highest BCUT2D eigenvalue weighted by Crippen LogP contribution is 2.07. The zero-order valence-electron chi connectivity index (χ0n) is 8.50. The monoisotopic (exact) mass is 223 g/mol. The number of carbonyl (C=O) groups is 1. The van der Waals surface area contributed by atoms with Crippen LogP contribution < -0.4 is 11.1 Å². The number of aliphatic hydroxyl groups is 2. The van der Waals surface area contributed by atoms with E-state index in [1.165, 1.54) is 0 Å². The molecular weight excluding hydrogens is 210 g/mol. The van der Waals surface area contributed by atoms with E-state index in [0.717, 1.165) is 6.08 Å². The van der Waals surface area contributed by atoms with Crippen molar-refractivity contribution < 1.29 is 15.0 Å². The standard InChI is InChI=1S/C10H13N3O3/c11-9(16)5-8(15)10-7(13-6-14)3-1-2-4-12-10/h1-3,5-6,9,15-16H,4,11H2,(H,13,14)/b8-5-. The summed E-state index contributed by atoms with van der Waals surface area (Å²) in [7, 11) is 0. The molecule has 0 saturated heterocycles. The van der Waals surface area contributed by atoms with Crippen LogP contribution in [0.1, 0.15) is 0 Å². The fraction of sp³-hybridized carbons (Fsp3) is 0.200. The number of nitrogens with zero attached hydrogens (tertiary/aromatic N) is 1. The van der Waals surface area contributed by atoms with E-state index in [1.807, 2.05) is 0 Å². The molecule has 1 heterocycles. The van der Waals surface area contributed by atoms with Gasteiger partial charge < -0.3 is 21.3 Å². The lowest BCUT2D eigenvalue weighted by Gasteiger charge is -2.08. The second-order valence-corrected chi connectivity index (χ2v) is 3.00. The van der Waals surface area contributed by atoms with E-state index < -0.39 is 6.23 Å². The molecule has 16 heavy (non-hydrogen) atoms. The normalized spacial score (nSPS) is 18.2. The van der Waals surface area contributed by atoms with Gasteiger partial charge in [-0.25, -0.2) is 0 Å². The fourth-order valence-electron chi connectivity index (χ4n) is 1.17. The second kappa shape index (κ2) is 5.84. The van der Waals surface area contributed by atoms with Gasteiger partial charge in [0.1, 0.15) is 17.7 Å². The van der Waals surface area contributed by atoms with Crippen LogP contribution in [0.25, 0.3) is 0 Å². The lowest BCUT2D eigenvalue weighted by molar-refractivity contribution is -0.108. The third-order valence-electron chi connectivity index (χ3n) is 1.79. The minimum atomic E-state index is -1.28. The highest BCUT2D eigenvalue weighted by molar-refractivity contribution is 6.11. The molecule has 1 atom stereocenters. The van der Waals surface area contributed by atoms with Crippen LogP contribution in [0.15, 0.2) is 40.8 Å². The van der Waals surface area contributed by atoms with Crippen LogP contribution in [-0.2, 0) is 4.79 Å². The molecule has 86 valence electrons. The predicted molar refractivity (Wildman–Crippen MR) is 59.6 cm³/mol. The molecule has 5 N–H and O–H groups in total. The average molecular weight is 223 g/mol. The van der Waals surface area contributed by atoms with Crippen molar-refractivity contribution in [3.8, 4) is 0 Å². The quantitative estimate of drug-likeness (QED) is 0.288.